The van der Waals surface area contributed by atoms with Crippen molar-refractivity contribution in [3.05, 3.63) is 72.3 Å². The summed E-state index contributed by atoms with van der Waals surface area (Å²) in [4.78, 5) is 27.9. The molecule has 0 saturated carbocycles. The Bertz CT molecular complexity index is 1190. The second-order valence-electron chi connectivity index (χ2n) is 10.0. The SMILES string of the molecule is CC(C)(C)OC(=O)[C@H](CNC(=O)c1ccc(OCC=CCN2CCCC2)cc1)NS(=O)(=O)c1ccccc1. The van der Waals surface area contributed by atoms with Crippen molar-refractivity contribution in [2.75, 3.05) is 32.8 Å². The number of likely N-dealkylation sites (tertiary alicyclic amines) is 1. The first-order chi connectivity index (χ1) is 18.0. The summed E-state index contributed by atoms with van der Waals surface area (Å²) in [6, 6.07) is 12.9. The molecule has 0 spiro atoms. The van der Waals surface area contributed by atoms with Crippen molar-refractivity contribution < 1.29 is 27.5 Å². The summed E-state index contributed by atoms with van der Waals surface area (Å²) in [6.07, 6.45) is 6.59. The monoisotopic (exact) mass is 543 g/mol. The van der Waals surface area contributed by atoms with Crippen LogP contribution in [0.4, 0.5) is 0 Å². The molecule has 0 unspecified atom stereocenters. The Morgan fingerprint density at radius 1 is 1.00 bits per heavy atom. The Morgan fingerprint density at radius 2 is 1.66 bits per heavy atom. The van der Waals surface area contributed by atoms with Gasteiger partial charge in [-0.2, -0.15) is 4.72 Å². The third-order valence-electron chi connectivity index (χ3n) is 5.70. The van der Waals surface area contributed by atoms with Crippen molar-refractivity contribution in [3.63, 3.8) is 0 Å². The lowest BCUT2D eigenvalue weighted by atomic mass is 10.2. The van der Waals surface area contributed by atoms with Gasteiger partial charge >= 0.3 is 5.97 Å². The standard InChI is InChI=1S/C28H37N3O6S/c1-28(2,3)37-27(33)25(30-38(34,35)24-11-5-4-6-12-24)21-29-26(32)22-13-15-23(16-14-22)36-20-10-9-19-31-17-7-8-18-31/h4-6,9-16,25,30H,7-8,17-21H2,1-3H3,(H,29,32)/t25-/m0/s1. The van der Waals surface area contributed by atoms with Gasteiger partial charge < -0.3 is 14.8 Å². The maximum Gasteiger partial charge on any atom is 0.326 e. The number of benzene rings is 2. The summed E-state index contributed by atoms with van der Waals surface area (Å²) in [5, 5.41) is 2.62. The van der Waals surface area contributed by atoms with Gasteiger partial charge in [-0.3, -0.25) is 14.5 Å². The van der Waals surface area contributed by atoms with Gasteiger partial charge in [-0.25, -0.2) is 8.42 Å². The quantitative estimate of drug-likeness (QED) is 0.312. The molecule has 38 heavy (non-hydrogen) atoms. The normalized spacial score (nSPS) is 15.3. The predicted molar refractivity (Wildman–Crippen MR) is 145 cm³/mol. The van der Waals surface area contributed by atoms with E-state index in [4.69, 9.17) is 9.47 Å². The highest BCUT2D eigenvalue weighted by Gasteiger charge is 2.30. The molecule has 0 aromatic heterocycles. The molecular formula is C28H37N3O6S. The molecule has 1 amide bonds. The van der Waals surface area contributed by atoms with Crippen molar-refractivity contribution in [2.24, 2.45) is 0 Å². The molecular weight excluding hydrogens is 506 g/mol. The number of carbonyl (C=O) groups excluding carboxylic acids is 2. The molecule has 206 valence electrons. The van der Waals surface area contributed by atoms with E-state index in [1.807, 2.05) is 6.08 Å². The van der Waals surface area contributed by atoms with Crippen molar-refractivity contribution in [1.82, 2.24) is 14.9 Å². The molecule has 1 heterocycles. The number of sulfonamides is 1. The van der Waals surface area contributed by atoms with E-state index in [9.17, 15) is 18.0 Å². The van der Waals surface area contributed by atoms with E-state index in [1.54, 1.807) is 63.2 Å². The molecule has 10 heteroatoms. The zero-order valence-corrected chi connectivity index (χ0v) is 23.0. The van der Waals surface area contributed by atoms with Crippen LogP contribution in [0.2, 0.25) is 0 Å². The summed E-state index contributed by atoms with van der Waals surface area (Å²) in [6.45, 7) is 8.39. The van der Waals surface area contributed by atoms with E-state index >= 15 is 0 Å². The predicted octanol–water partition coefficient (Wildman–Crippen LogP) is 3.14. The Hall–Kier alpha value is -3.21. The summed E-state index contributed by atoms with van der Waals surface area (Å²) in [7, 11) is -4.02. The number of nitrogens with zero attached hydrogens (tertiary/aromatic N) is 1. The molecule has 1 saturated heterocycles. The van der Waals surface area contributed by atoms with E-state index in [-0.39, 0.29) is 11.4 Å². The fourth-order valence-corrected chi connectivity index (χ4v) is 5.01. The third-order valence-corrected chi connectivity index (χ3v) is 7.19. The molecule has 3 rings (SSSR count). The summed E-state index contributed by atoms with van der Waals surface area (Å²) in [5.41, 5.74) is -0.493. The fraction of sp³-hybridized carbons (Fsp3) is 0.429. The second kappa shape index (κ2) is 13.5. The average molecular weight is 544 g/mol. The number of hydrogen-bond donors (Lipinski definition) is 2. The minimum Gasteiger partial charge on any atom is -0.490 e. The van der Waals surface area contributed by atoms with Gasteiger partial charge in [0.25, 0.3) is 5.91 Å². The zero-order chi connectivity index (χ0) is 27.6. The summed E-state index contributed by atoms with van der Waals surface area (Å²) >= 11 is 0. The van der Waals surface area contributed by atoms with Crippen LogP contribution in [0.1, 0.15) is 44.0 Å². The molecule has 0 aliphatic carbocycles. The molecule has 0 bridgehead atoms. The number of rotatable bonds is 12. The van der Waals surface area contributed by atoms with Crippen LogP contribution in [0, 0.1) is 0 Å². The van der Waals surface area contributed by atoms with Crippen LogP contribution in [0.5, 0.6) is 5.75 Å². The molecule has 2 aromatic carbocycles. The number of esters is 1. The van der Waals surface area contributed by atoms with Crippen molar-refractivity contribution in [3.8, 4) is 5.75 Å². The van der Waals surface area contributed by atoms with Crippen molar-refractivity contribution >= 4 is 21.9 Å². The van der Waals surface area contributed by atoms with Gasteiger partial charge in [-0.05, 0) is 83.1 Å². The Kier molecular flexibility index (Phi) is 10.5. The van der Waals surface area contributed by atoms with Crippen LogP contribution in [0.15, 0.2) is 71.6 Å². The smallest absolute Gasteiger partial charge is 0.326 e. The van der Waals surface area contributed by atoms with Crippen molar-refractivity contribution in [2.45, 2.75) is 50.2 Å². The van der Waals surface area contributed by atoms with E-state index in [1.165, 1.54) is 25.0 Å². The lowest BCUT2D eigenvalue weighted by Crippen LogP contribution is -2.50. The van der Waals surface area contributed by atoms with Crippen LogP contribution >= 0.6 is 0 Å². The Labute approximate surface area is 225 Å². The molecule has 1 fully saturated rings. The first-order valence-electron chi connectivity index (χ1n) is 12.7. The van der Waals surface area contributed by atoms with E-state index in [2.05, 4.69) is 21.0 Å². The number of hydrogen-bond acceptors (Lipinski definition) is 7. The Balaban J connectivity index is 1.56. The van der Waals surface area contributed by atoms with E-state index < -0.39 is 33.5 Å². The highest BCUT2D eigenvalue weighted by molar-refractivity contribution is 7.89. The van der Waals surface area contributed by atoms with Gasteiger partial charge in [0.15, 0.2) is 0 Å². The van der Waals surface area contributed by atoms with Crippen LogP contribution in [0.25, 0.3) is 0 Å². The maximum atomic E-state index is 12.8. The molecule has 9 nitrogen and oxygen atoms in total. The number of ether oxygens (including phenoxy) is 2. The van der Waals surface area contributed by atoms with Gasteiger partial charge in [0.2, 0.25) is 10.0 Å². The summed E-state index contributed by atoms with van der Waals surface area (Å²) < 4.78 is 39.0. The number of amides is 1. The maximum absolute atomic E-state index is 12.8. The minimum atomic E-state index is -4.02. The minimum absolute atomic E-state index is 0.00126. The first kappa shape index (κ1) is 29.3. The summed E-state index contributed by atoms with van der Waals surface area (Å²) in [5.74, 6) is -0.636. The largest absolute Gasteiger partial charge is 0.490 e. The van der Waals surface area contributed by atoms with E-state index in [0.29, 0.717) is 17.9 Å². The fourth-order valence-electron chi connectivity index (χ4n) is 3.80. The lowest BCUT2D eigenvalue weighted by molar-refractivity contribution is -0.156. The van der Waals surface area contributed by atoms with Gasteiger partial charge in [0.05, 0.1) is 4.90 Å². The molecule has 2 N–H and O–H groups in total. The molecule has 1 aliphatic rings. The number of nitrogens with one attached hydrogen (secondary N) is 2. The molecule has 1 atom stereocenters. The van der Waals surface area contributed by atoms with Crippen LogP contribution < -0.4 is 14.8 Å². The molecule has 1 aliphatic heterocycles. The average Bonchev–Trinajstić information content (AvgIpc) is 3.39. The van der Waals surface area contributed by atoms with Crippen LogP contribution in [-0.2, 0) is 19.6 Å². The second-order valence-corrected chi connectivity index (χ2v) is 11.8. The van der Waals surface area contributed by atoms with Gasteiger partial charge in [-0.1, -0.05) is 30.4 Å². The van der Waals surface area contributed by atoms with Gasteiger partial charge in [0.1, 0.15) is 24.0 Å². The highest BCUT2D eigenvalue weighted by Crippen LogP contribution is 2.14. The zero-order valence-electron chi connectivity index (χ0n) is 22.2. The first-order valence-corrected chi connectivity index (χ1v) is 14.2. The Morgan fingerprint density at radius 3 is 2.29 bits per heavy atom. The van der Waals surface area contributed by atoms with Crippen LogP contribution in [-0.4, -0.2) is 69.6 Å². The van der Waals surface area contributed by atoms with Crippen LogP contribution in [0.3, 0.4) is 0 Å². The number of carbonyl (C=O) groups is 2. The molecule has 0 radical (unpaired) electrons. The van der Waals surface area contributed by atoms with Crippen molar-refractivity contribution in [1.29, 1.82) is 0 Å². The topological polar surface area (TPSA) is 114 Å². The van der Waals surface area contributed by atoms with Gasteiger partial charge in [-0.15, -0.1) is 0 Å². The van der Waals surface area contributed by atoms with E-state index in [0.717, 1.165) is 19.6 Å². The lowest BCUT2D eigenvalue weighted by Gasteiger charge is -2.24. The molecule has 2 aromatic rings. The third kappa shape index (κ3) is 9.59. The van der Waals surface area contributed by atoms with Gasteiger partial charge in [0, 0.05) is 18.7 Å². The highest BCUT2D eigenvalue weighted by atomic mass is 32.2.